The fraction of sp³-hybridized carbons (Fsp3) is 0.353. The second-order valence-electron chi connectivity index (χ2n) is 4.95. The summed E-state index contributed by atoms with van der Waals surface area (Å²) in [4.78, 5) is 20.5. The van der Waals surface area contributed by atoms with Crippen LogP contribution in [0.25, 0.3) is 0 Å². The van der Waals surface area contributed by atoms with E-state index in [4.69, 9.17) is 4.74 Å². The third-order valence-corrected chi connectivity index (χ3v) is 4.50. The molecule has 0 atom stereocenters. The molecule has 0 N–H and O–H groups in total. The van der Waals surface area contributed by atoms with E-state index in [-0.39, 0.29) is 11.3 Å². The first-order valence-corrected chi connectivity index (χ1v) is 10.1. The SMILES string of the molecule is CSCCCCOc1ccc(C(=O)c2ccnc(SC)n2)c(F)c1. The van der Waals surface area contributed by atoms with Crippen molar-refractivity contribution in [1.82, 2.24) is 9.97 Å². The zero-order valence-electron chi connectivity index (χ0n) is 13.6. The Bertz CT molecular complexity index is 698. The zero-order valence-corrected chi connectivity index (χ0v) is 15.3. The first-order valence-electron chi connectivity index (χ1n) is 7.48. The van der Waals surface area contributed by atoms with Gasteiger partial charge in [-0.1, -0.05) is 11.8 Å². The molecule has 0 radical (unpaired) electrons. The lowest BCUT2D eigenvalue weighted by Crippen LogP contribution is -2.08. The second kappa shape index (κ2) is 9.64. The van der Waals surface area contributed by atoms with Crippen LogP contribution < -0.4 is 4.74 Å². The molecule has 1 aromatic carbocycles. The average molecular weight is 366 g/mol. The Morgan fingerprint density at radius 1 is 1.25 bits per heavy atom. The van der Waals surface area contributed by atoms with Crippen LogP contribution in [0.15, 0.2) is 35.6 Å². The topological polar surface area (TPSA) is 52.1 Å². The third kappa shape index (κ3) is 5.21. The van der Waals surface area contributed by atoms with E-state index >= 15 is 0 Å². The molecule has 0 fully saturated rings. The van der Waals surface area contributed by atoms with Crippen LogP contribution in [0.1, 0.15) is 28.9 Å². The molecule has 4 nitrogen and oxygen atoms in total. The molecule has 0 bridgehead atoms. The average Bonchev–Trinajstić information content (AvgIpc) is 2.61. The summed E-state index contributed by atoms with van der Waals surface area (Å²) in [7, 11) is 0. The quantitative estimate of drug-likeness (QED) is 0.288. The van der Waals surface area contributed by atoms with Crippen molar-refractivity contribution in [2.24, 2.45) is 0 Å². The zero-order chi connectivity index (χ0) is 17.4. The fourth-order valence-electron chi connectivity index (χ4n) is 2.01. The van der Waals surface area contributed by atoms with Gasteiger partial charge in [-0.15, -0.1) is 0 Å². The summed E-state index contributed by atoms with van der Waals surface area (Å²) in [6.07, 6.45) is 7.35. The lowest BCUT2D eigenvalue weighted by molar-refractivity contribution is 0.102. The molecule has 0 amide bonds. The predicted molar refractivity (Wildman–Crippen MR) is 96.8 cm³/mol. The molecular weight excluding hydrogens is 347 g/mol. The number of benzene rings is 1. The molecule has 128 valence electrons. The first kappa shape index (κ1) is 18.7. The Balaban J connectivity index is 2.04. The van der Waals surface area contributed by atoms with Crippen LogP contribution in [0.5, 0.6) is 5.75 Å². The maximum atomic E-state index is 14.2. The molecule has 1 heterocycles. The molecule has 0 unspecified atom stereocenters. The van der Waals surface area contributed by atoms with Crippen molar-refractivity contribution in [2.45, 2.75) is 18.0 Å². The van der Waals surface area contributed by atoms with Crippen LogP contribution in [0.3, 0.4) is 0 Å². The summed E-state index contributed by atoms with van der Waals surface area (Å²) in [6, 6.07) is 5.79. The van der Waals surface area contributed by atoms with Crippen LogP contribution in [-0.2, 0) is 0 Å². The minimum absolute atomic E-state index is 0.0181. The molecule has 7 heteroatoms. The Labute approximate surface area is 149 Å². The van der Waals surface area contributed by atoms with Gasteiger partial charge >= 0.3 is 0 Å². The third-order valence-electron chi connectivity index (χ3n) is 3.25. The highest BCUT2D eigenvalue weighted by Crippen LogP contribution is 2.20. The van der Waals surface area contributed by atoms with E-state index in [2.05, 4.69) is 16.2 Å². The molecule has 0 aliphatic rings. The highest BCUT2D eigenvalue weighted by Gasteiger charge is 2.16. The molecule has 2 rings (SSSR count). The van der Waals surface area contributed by atoms with Gasteiger partial charge in [-0.05, 0) is 49.3 Å². The van der Waals surface area contributed by atoms with Crippen molar-refractivity contribution in [3.63, 3.8) is 0 Å². The predicted octanol–water partition coefficient (Wildman–Crippen LogP) is 4.09. The van der Waals surface area contributed by atoms with Gasteiger partial charge in [-0.25, -0.2) is 14.4 Å². The van der Waals surface area contributed by atoms with Crippen LogP contribution in [-0.4, -0.2) is 40.6 Å². The van der Waals surface area contributed by atoms with Gasteiger partial charge in [0.05, 0.1) is 12.2 Å². The molecule has 24 heavy (non-hydrogen) atoms. The van der Waals surface area contributed by atoms with Crippen LogP contribution in [0.4, 0.5) is 4.39 Å². The Morgan fingerprint density at radius 2 is 2.08 bits per heavy atom. The number of carbonyl (C=O) groups excluding carboxylic acids is 1. The standard InChI is InChI=1S/C17H19FN2O2S2/c1-23-10-4-3-9-22-12-5-6-13(14(18)11-12)16(21)15-7-8-19-17(20-15)24-2/h5-8,11H,3-4,9-10H2,1-2H3. The Kier molecular flexibility index (Phi) is 7.52. The molecular formula is C17H19FN2O2S2. The number of nitrogens with zero attached hydrogens (tertiary/aromatic N) is 2. The van der Waals surface area contributed by atoms with Gasteiger partial charge in [0, 0.05) is 12.3 Å². The Morgan fingerprint density at radius 3 is 2.79 bits per heavy atom. The molecule has 0 aliphatic heterocycles. The number of rotatable bonds is 9. The number of ketones is 1. The van der Waals surface area contributed by atoms with Gasteiger partial charge in [0.15, 0.2) is 5.16 Å². The summed E-state index contributed by atoms with van der Waals surface area (Å²) < 4.78 is 19.8. The summed E-state index contributed by atoms with van der Waals surface area (Å²) in [5, 5.41) is 0.478. The van der Waals surface area contributed by atoms with Crippen LogP contribution in [0.2, 0.25) is 0 Å². The van der Waals surface area contributed by atoms with Crippen molar-refractivity contribution in [2.75, 3.05) is 24.9 Å². The van der Waals surface area contributed by atoms with Crippen LogP contribution >= 0.6 is 23.5 Å². The summed E-state index contributed by atoms with van der Waals surface area (Å²) in [5.41, 5.74) is 0.162. The van der Waals surface area contributed by atoms with Crippen molar-refractivity contribution < 1.29 is 13.9 Å². The molecule has 1 aromatic heterocycles. The lowest BCUT2D eigenvalue weighted by Gasteiger charge is -2.08. The number of carbonyl (C=O) groups is 1. The monoisotopic (exact) mass is 366 g/mol. The van der Waals surface area contributed by atoms with E-state index in [9.17, 15) is 9.18 Å². The number of hydrogen-bond acceptors (Lipinski definition) is 6. The van der Waals surface area contributed by atoms with Gasteiger partial charge < -0.3 is 4.74 Å². The van der Waals surface area contributed by atoms with Crippen molar-refractivity contribution in [1.29, 1.82) is 0 Å². The van der Waals surface area contributed by atoms with E-state index < -0.39 is 11.6 Å². The van der Waals surface area contributed by atoms with E-state index in [0.29, 0.717) is 17.5 Å². The Hall–Kier alpha value is -1.60. The maximum Gasteiger partial charge on any atom is 0.214 e. The smallest absolute Gasteiger partial charge is 0.214 e. The summed E-state index contributed by atoms with van der Waals surface area (Å²) >= 11 is 3.12. The highest BCUT2D eigenvalue weighted by atomic mass is 32.2. The minimum Gasteiger partial charge on any atom is -0.493 e. The van der Waals surface area contributed by atoms with Gasteiger partial charge in [-0.3, -0.25) is 4.79 Å². The highest BCUT2D eigenvalue weighted by molar-refractivity contribution is 7.98. The van der Waals surface area contributed by atoms with E-state index in [1.807, 2.05) is 6.26 Å². The number of unbranched alkanes of at least 4 members (excludes halogenated alkanes) is 1. The maximum absolute atomic E-state index is 14.2. The summed E-state index contributed by atoms with van der Waals surface area (Å²) in [5.74, 6) is 0.450. The number of aromatic nitrogens is 2. The van der Waals surface area contributed by atoms with Gasteiger partial charge in [-0.2, -0.15) is 11.8 Å². The number of thioether (sulfide) groups is 2. The molecule has 0 saturated carbocycles. The number of halogens is 1. The van der Waals surface area contributed by atoms with Gasteiger partial charge in [0.2, 0.25) is 5.78 Å². The van der Waals surface area contributed by atoms with Crippen LogP contribution in [0, 0.1) is 5.82 Å². The molecule has 0 saturated heterocycles. The fourth-order valence-corrected chi connectivity index (χ4v) is 2.86. The van der Waals surface area contributed by atoms with Crippen molar-refractivity contribution in [3.05, 3.63) is 47.5 Å². The lowest BCUT2D eigenvalue weighted by atomic mass is 10.1. The largest absolute Gasteiger partial charge is 0.493 e. The van der Waals surface area contributed by atoms with Crippen molar-refractivity contribution >= 4 is 29.3 Å². The first-order chi connectivity index (χ1) is 11.7. The van der Waals surface area contributed by atoms with Gasteiger partial charge in [0.25, 0.3) is 0 Å². The molecule has 0 spiro atoms. The van der Waals surface area contributed by atoms with Gasteiger partial charge in [0.1, 0.15) is 17.3 Å². The van der Waals surface area contributed by atoms with Crippen molar-refractivity contribution in [3.8, 4) is 5.75 Å². The minimum atomic E-state index is -0.606. The van der Waals surface area contributed by atoms with E-state index in [0.717, 1.165) is 18.6 Å². The molecule has 2 aromatic rings. The van der Waals surface area contributed by atoms with E-state index in [1.165, 1.54) is 36.2 Å². The molecule has 0 aliphatic carbocycles. The van der Waals surface area contributed by atoms with E-state index in [1.54, 1.807) is 17.8 Å². The number of ether oxygens (including phenoxy) is 1. The second-order valence-corrected chi connectivity index (χ2v) is 6.71. The number of hydrogen-bond donors (Lipinski definition) is 0. The normalized spacial score (nSPS) is 10.6. The summed E-state index contributed by atoms with van der Waals surface area (Å²) in [6.45, 7) is 0.538.